The lowest BCUT2D eigenvalue weighted by atomic mass is 10.1. The van der Waals surface area contributed by atoms with Crippen molar-refractivity contribution in [3.63, 3.8) is 0 Å². The number of fused-ring (bicyclic) bond motifs is 1. The molecule has 0 aliphatic heterocycles. The van der Waals surface area contributed by atoms with Gasteiger partial charge in [0.25, 0.3) is 5.91 Å². The van der Waals surface area contributed by atoms with Crippen LogP contribution in [0.5, 0.6) is 0 Å². The average molecular weight is 470 g/mol. The Morgan fingerprint density at radius 1 is 1.09 bits per heavy atom. The number of amides is 1. The summed E-state index contributed by atoms with van der Waals surface area (Å²) in [6.07, 6.45) is 5.42. The number of carbonyl (C=O) groups excluding carboxylic acids is 1. The average Bonchev–Trinajstić information content (AvgIpc) is 3.60. The van der Waals surface area contributed by atoms with Gasteiger partial charge in [0.2, 0.25) is 0 Å². The first kappa shape index (κ1) is 22.2. The molecule has 0 spiro atoms. The zero-order chi connectivity index (χ0) is 23.5. The smallest absolute Gasteiger partial charge is 0.254 e. The minimum atomic E-state index is 0.0107. The van der Waals surface area contributed by atoms with Crippen LogP contribution in [-0.4, -0.2) is 26.7 Å². The van der Waals surface area contributed by atoms with Gasteiger partial charge in [0.1, 0.15) is 5.76 Å². The SMILES string of the molecule is CCc1ccc(C(=O)N(CCc2csc3nc(-c4ccc(C)cc4)cn23)Cc2ccco2)cc1. The standard InChI is InChI=1S/C28H27N3O2S/c1-3-21-8-12-23(13-9-21)27(32)30(17-25-5-4-16-33-25)15-14-24-19-34-28-29-26(18-31(24)28)22-10-6-20(2)7-11-22/h4-13,16,18-19H,3,14-15,17H2,1-2H3. The number of nitrogens with zero attached hydrogens (tertiary/aromatic N) is 3. The quantitative estimate of drug-likeness (QED) is 0.264. The first-order valence-electron chi connectivity index (χ1n) is 11.5. The minimum Gasteiger partial charge on any atom is -0.467 e. The van der Waals surface area contributed by atoms with Gasteiger partial charge in [-0.15, -0.1) is 11.3 Å². The molecule has 3 heterocycles. The van der Waals surface area contributed by atoms with Crippen molar-refractivity contribution in [3.05, 3.63) is 107 Å². The maximum atomic E-state index is 13.4. The number of benzene rings is 2. The van der Waals surface area contributed by atoms with Gasteiger partial charge in [0, 0.05) is 41.4 Å². The highest BCUT2D eigenvalue weighted by Gasteiger charge is 2.19. The third kappa shape index (κ3) is 4.68. The third-order valence-electron chi connectivity index (χ3n) is 6.09. The van der Waals surface area contributed by atoms with Crippen LogP contribution in [0.4, 0.5) is 0 Å². The van der Waals surface area contributed by atoms with Gasteiger partial charge in [-0.25, -0.2) is 4.98 Å². The van der Waals surface area contributed by atoms with Gasteiger partial charge >= 0.3 is 0 Å². The highest BCUT2D eigenvalue weighted by atomic mass is 32.1. The molecule has 5 nitrogen and oxygen atoms in total. The lowest BCUT2D eigenvalue weighted by molar-refractivity contribution is 0.0733. The molecule has 0 N–H and O–H groups in total. The van der Waals surface area contributed by atoms with Crippen molar-refractivity contribution in [3.8, 4) is 11.3 Å². The molecule has 0 saturated heterocycles. The van der Waals surface area contributed by atoms with Crippen molar-refractivity contribution in [1.29, 1.82) is 0 Å². The number of hydrogen-bond acceptors (Lipinski definition) is 4. The van der Waals surface area contributed by atoms with E-state index in [2.05, 4.69) is 54.1 Å². The molecular weight excluding hydrogens is 442 g/mol. The Morgan fingerprint density at radius 2 is 1.88 bits per heavy atom. The zero-order valence-electron chi connectivity index (χ0n) is 19.4. The Balaban J connectivity index is 1.37. The molecule has 5 aromatic rings. The second-order valence-electron chi connectivity index (χ2n) is 8.48. The summed E-state index contributed by atoms with van der Waals surface area (Å²) < 4.78 is 7.69. The molecule has 0 aliphatic carbocycles. The Hall–Kier alpha value is -3.64. The van der Waals surface area contributed by atoms with Crippen LogP contribution < -0.4 is 0 Å². The van der Waals surface area contributed by atoms with Gasteiger partial charge in [-0.1, -0.05) is 48.9 Å². The van der Waals surface area contributed by atoms with Crippen LogP contribution in [0.3, 0.4) is 0 Å². The van der Waals surface area contributed by atoms with E-state index in [1.807, 2.05) is 41.3 Å². The first-order valence-corrected chi connectivity index (χ1v) is 12.4. The summed E-state index contributed by atoms with van der Waals surface area (Å²) in [4.78, 5) is 21.0. The van der Waals surface area contributed by atoms with E-state index in [9.17, 15) is 4.79 Å². The molecular formula is C28H27N3O2S. The van der Waals surface area contributed by atoms with Crippen LogP contribution in [0.1, 0.15) is 39.9 Å². The van der Waals surface area contributed by atoms with Gasteiger partial charge < -0.3 is 9.32 Å². The van der Waals surface area contributed by atoms with Crippen LogP contribution in [0.2, 0.25) is 0 Å². The molecule has 1 amide bonds. The fourth-order valence-corrected chi connectivity index (χ4v) is 4.94. The monoisotopic (exact) mass is 469 g/mol. The summed E-state index contributed by atoms with van der Waals surface area (Å²) in [7, 11) is 0. The van der Waals surface area contributed by atoms with E-state index in [4.69, 9.17) is 9.40 Å². The van der Waals surface area contributed by atoms with Gasteiger partial charge in [-0.3, -0.25) is 9.20 Å². The molecule has 0 radical (unpaired) electrons. The zero-order valence-corrected chi connectivity index (χ0v) is 20.2. The Kier molecular flexibility index (Phi) is 6.32. The summed E-state index contributed by atoms with van der Waals surface area (Å²) in [6.45, 7) is 5.22. The molecule has 0 atom stereocenters. The highest BCUT2D eigenvalue weighted by molar-refractivity contribution is 7.15. The number of carbonyl (C=O) groups is 1. The number of hydrogen-bond donors (Lipinski definition) is 0. The van der Waals surface area contributed by atoms with Crippen LogP contribution in [0.25, 0.3) is 16.2 Å². The fourth-order valence-electron chi connectivity index (χ4n) is 4.03. The highest BCUT2D eigenvalue weighted by Crippen LogP contribution is 2.25. The first-order chi connectivity index (χ1) is 16.6. The normalized spacial score (nSPS) is 11.2. The van der Waals surface area contributed by atoms with Gasteiger partial charge in [-0.2, -0.15) is 0 Å². The number of aryl methyl sites for hydroxylation is 2. The van der Waals surface area contributed by atoms with E-state index >= 15 is 0 Å². The van der Waals surface area contributed by atoms with E-state index in [-0.39, 0.29) is 5.91 Å². The molecule has 0 saturated carbocycles. The number of thiazole rings is 1. The summed E-state index contributed by atoms with van der Waals surface area (Å²) >= 11 is 1.63. The summed E-state index contributed by atoms with van der Waals surface area (Å²) in [6, 6.07) is 20.1. The van der Waals surface area contributed by atoms with Crippen LogP contribution in [0, 0.1) is 6.92 Å². The van der Waals surface area contributed by atoms with Crippen molar-refractivity contribution in [2.45, 2.75) is 33.2 Å². The second-order valence-corrected chi connectivity index (χ2v) is 9.31. The summed E-state index contributed by atoms with van der Waals surface area (Å²) in [5, 5.41) is 2.13. The predicted molar refractivity (Wildman–Crippen MR) is 136 cm³/mol. The molecule has 34 heavy (non-hydrogen) atoms. The largest absolute Gasteiger partial charge is 0.467 e. The summed E-state index contributed by atoms with van der Waals surface area (Å²) in [5.74, 6) is 0.787. The van der Waals surface area contributed by atoms with E-state index in [0.29, 0.717) is 18.7 Å². The van der Waals surface area contributed by atoms with Gasteiger partial charge in [-0.05, 0) is 43.2 Å². The number of furan rings is 1. The molecule has 0 bridgehead atoms. The van der Waals surface area contributed by atoms with Crippen LogP contribution in [0.15, 0.2) is 82.9 Å². The molecule has 5 rings (SSSR count). The predicted octanol–water partition coefficient (Wildman–Crippen LogP) is 6.41. The van der Waals surface area contributed by atoms with Crippen LogP contribution >= 0.6 is 11.3 Å². The fraction of sp³-hybridized carbons (Fsp3) is 0.214. The maximum absolute atomic E-state index is 13.4. The van der Waals surface area contributed by atoms with E-state index < -0.39 is 0 Å². The molecule has 0 unspecified atom stereocenters. The third-order valence-corrected chi connectivity index (χ3v) is 6.98. The molecule has 172 valence electrons. The molecule has 0 aliphatic rings. The van der Waals surface area contributed by atoms with Crippen molar-refractivity contribution in [2.24, 2.45) is 0 Å². The van der Waals surface area contributed by atoms with Gasteiger partial charge in [0.05, 0.1) is 18.5 Å². The molecule has 2 aromatic carbocycles. The minimum absolute atomic E-state index is 0.0107. The van der Waals surface area contributed by atoms with Crippen molar-refractivity contribution < 1.29 is 9.21 Å². The summed E-state index contributed by atoms with van der Waals surface area (Å²) in [5.41, 5.74) is 6.37. The number of imidazole rings is 1. The Bertz CT molecular complexity index is 1380. The maximum Gasteiger partial charge on any atom is 0.254 e. The van der Waals surface area contributed by atoms with E-state index in [1.165, 1.54) is 11.1 Å². The van der Waals surface area contributed by atoms with Gasteiger partial charge in [0.15, 0.2) is 4.96 Å². The number of aromatic nitrogens is 2. The van der Waals surface area contributed by atoms with Crippen molar-refractivity contribution >= 4 is 22.2 Å². The lowest BCUT2D eigenvalue weighted by Gasteiger charge is -2.22. The van der Waals surface area contributed by atoms with Crippen LogP contribution in [-0.2, 0) is 19.4 Å². The van der Waals surface area contributed by atoms with Crippen molar-refractivity contribution in [1.82, 2.24) is 14.3 Å². The Labute approximate surface area is 203 Å². The van der Waals surface area contributed by atoms with Crippen molar-refractivity contribution in [2.75, 3.05) is 6.54 Å². The topological polar surface area (TPSA) is 50.8 Å². The molecule has 3 aromatic heterocycles. The van der Waals surface area contributed by atoms with E-state index in [0.717, 1.165) is 40.5 Å². The Morgan fingerprint density at radius 3 is 2.59 bits per heavy atom. The second kappa shape index (κ2) is 9.69. The molecule has 6 heteroatoms. The lowest BCUT2D eigenvalue weighted by Crippen LogP contribution is -2.32. The number of rotatable bonds is 8. The van der Waals surface area contributed by atoms with E-state index in [1.54, 1.807) is 17.6 Å². The molecule has 0 fully saturated rings.